The van der Waals surface area contributed by atoms with Crippen molar-refractivity contribution in [2.45, 2.75) is 26.3 Å². The highest BCUT2D eigenvalue weighted by atomic mass is 35.5. The molecule has 0 radical (unpaired) electrons. The number of rotatable bonds is 5. The number of amides is 1. The molecule has 0 aliphatic rings. The highest BCUT2D eigenvalue weighted by Gasteiger charge is 2.11. The van der Waals surface area contributed by atoms with Crippen LogP contribution < -0.4 is 22.7 Å². The summed E-state index contributed by atoms with van der Waals surface area (Å²) >= 11 is 0. The molecule has 5 heteroatoms. The second-order valence-electron chi connectivity index (χ2n) is 3.49. The third-order valence-corrected chi connectivity index (χ3v) is 2.06. The number of nitrogens with two attached hydrogens (primary N) is 1. The van der Waals surface area contributed by atoms with E-state index in [1.807, 2.05) is 29.0 Å². The maximum atomic E-state index is 11.0. The van der Waals surface area contributed by atoms with E-state index in [1.54, 1.807) is 0 Å². The van der Waals surface area contributed by atoms with Gasteiger partial charge in [0.05, 0.1) is 0 Å². The quantitative estimate of drug-likeness (QED) is 0.559. The number of Topliss-reactive ketones (excluding diaryl/α,β-unsaturated/α-hetero) is 1. The van der Waals surface area contributed by atoms with Crippen molar-refractivity contribution in [1.29, 1.82) is 0 Å². The smallest absolute Gasteiger partial charge is 0.217 e. The number of hydrogen-bond donors (Lipinski definition) is 1. The van der Waals surface area contributed by atoms with Crippen LogP contribution in [0.4, 0.5) is 0 Å². The number of nitrogens with zero attached hydrogens (tertiary/aromatic N) is 1. The molecule has 0 atom stereocenters. The monoisotopic (exact) mass is 242 g/mol. The van der Waals surface area contributed by atoms with Gasteiger partial charge >= 0.3 is 0 Å². The minimum Gasteiger partial charge on any atom is -1.00 e. The van der Waals surface area contributed by atoms with Crippen LogP contribution in [0.15, 0.2) is 24.4 Å². The zero-order valence-corrected chi connectivity index (χ0v) is 9.91. The van der Waals surface area contributed by atoms with E-state index < -0.39 is 0 Å². The first-order valence-electron chi connectivity index (χ1n) is 4.84. The lowest BCUT2D eigenvalue weighted by Crippen LogP contribution is -3.00. The van der Waals surface area contributed by atoms with Gasteiger partial charge in [0.15, 0.2) is 17.7 Å². The molecule has 0 fully saturated rings. The fraction of sp³-hybridized carbons (Fsp3) is 0.364. The molecule has 2 N–H and O–H groups in total. The maximum absolute atomic E-state index is 11.0. The first-order valence-corrected chi connectivity index (χ1v) is 4.84. The Balaban J connectivity index is 0.00000225. The summed E-state index contributed by atoms with van der Waals surface area (Å²) in [4.78, 5) is 21.6. The number of carbonyl (C=O) groups excluding carboxylic acids is 2. The van der Waals surface area contributed by atoms with E-state index in [2.05, 4.69) is 0 Å². The zero-order valence-electron chi connectivity index (χ0n) is 9.15. The Morgan fingerprint density at radius 2 is 2.06 bits per heavy atom. The predicted molar refractivity (Wildman–Crippen MR) is 54.8 cm³/mol. The highest BCUT2D eigenvalue weighted by molar-refractivity contribution is 5.74. The third kappa shape index (κ3) is 4.89. The van der Waals surface area contributed by atoms with Gasteiger partial charge in [-0.2, -0.15) is 4.57 Å². The van der Waals surface area contributed by atoms with Gasteiger partial charge in [0.1, 0.15) is 0 Å². The van der Waals surface area contributed by atoms with Crippen LogP contribution in [-0.2, 0) is 22.6 Å². The summed E-state index contributed by atoms with van der Waals surface area (Å²) in [5.41, 5.74) is 6.03. The Kier molecular flexibility index (Phi) is 6.34. The van der Waals surface area contributed by atoms with Gasteiger partial charge in [0.2, 0.25) is 12.5 Å². The Bertz CT molecular complexity index is 380. The van der Waals surface area contributed by atoms with Gasteiger partial charge in [-0.15, -0.1) is 0 Å². The van der Waals surface area contributed by atoms with Gasteiger partial charge in [0.25, 0.3) is 0 Å². The summed E-state index contributed by atoms with van der Waals surface area (Å²) in [5, 5.41) is 0. The van der Waals surface area contributed by atoms with Crippen molar-refractivity contribution in [3.63, 3.8) is 0 Å². The normalized spacial score (nSPS) is 9.31. The number of halogens is 1. The molecule has 0 aliphatic carbocycles. The molecule has 0 spiro atoms. The van der Waals surface area contributed by atoms with Gasteiger partial charge in [-0.3, -0.25) is 9.59 Å². The summed E-state index contributed by atoms with van der Waals surface area (Å²) in [6.07, 6.45) is 2.71. The number of aryl methyl sites for hydroxylation is 1. The molecule has 1 heterocycles. The summed E-state index contributed by atoms with van der Waals surface area (Å²) < 4.78 is 1.84. The minimum absolute atomic E-state index is 0. The van der Waals surface area contributed by atoms with Gasteiger partial charge in [0, 0.05) is 31.9 Å². The SMILES string of the molecule is CC(=O)C[n+]1ccccc1CCC(N)=O.[Cl-]. The lowest BCUT2D eigenvalue weighted by molar-refractivity contribution is -0.691. The van der Waals surface area contributed by atoms with Crippen LogP contribution in [0.5, 0.6) is 0 Å². The number of pyridine rings is 1. The second-order valence-corrected chi connectivity index (χ2v) is 3.49. The number of ketones is 1. The molecule has 0 bridgehead atoms. The average molecular weight is 243 g/mol. The molecule has 0 unspecified atom stereocenters. The van der Waals surface area contributed by atoms with Crippen LogP contribution in [-0.4, -0.2) is 11.7 Å². The zero-order chi connectivity index (χ0) is 11.3. The van der Waals surface area contributed by atoms with Crippen LogP contribution in [0.1, 0.15) is 19.0 Å². The van der Waals surface area contributed by atoms with Gasteiger partial charge in [-0.05, 0) is 0 Å². The Morgan fingerprint density at radius 1 is 1.38 bits per heavy atom. The molecule has 1 amide bonds. The molecule has 0 saturated carbocycles. The summed E-state index contributed by atoms with van der Waals surface area (Å²) in [5.74, 6) is -0.236. The van der Waals surface area contributed by atoms with E-state index in [-0.39, 0.29) is 24.1 Å². The maximum Gasteiger partial charge on any atom is 0.217 e. The molecule has 4 nitrogen and oxygen atoms in total. The van der Waals surface area contributed by atoms with Crippen molar-refractivity contribution in [2.75, 3.05) is 0 Å². The Morgan fingerprint density at radius 3 is 2.62 bits per heavy atom. The van der Waals surface area contributed by atoms with E-state index in [0.29, 0.717) is 19.4 Å². The van der Waals surface area contributed by atoms with Gasteiger partial charge in [-0.25, -0.2) is 0 Å². The highest BCUT2D eigenvalue weighted by Crippen LogP contribution is 1.96. The molecule has 0 aromatic carbocycles. The van der Waals surface area contributed by atoms with Crippen LogP contribution in [0.25, 0.3) is 0 Å². The number of hydrogen-bond acceptors (Lipinski definition) is 2. The van der Waals surface area contributed by atoms with Crippen LogP contribution in [0.2, 0.25) is 0 Å². The van der Waals surface area contributed by atoms with E-state index in [9.17, 15) is 9.59 Å². The Labute approximate surface area is 101 Å². The van der Waals surface area contributed by atoms with E-state index in [4.69, 9.17) is 5.73 Å². The molecule has 0 saturated heterocycles. The molecular weight excluding hydrogens is 228 g/mol. The second kappa shape index (κ2) is 6.95. The molecule has 88 valence electrons. The van der Waals surface area contributed by atoms with E-state index >= 15 is 0 Å². The van der Waals surface area contributed by atoms with Crippen LogP contribution in [0.3, 0.4) is 0 Å². The number of primary amides is 1. The molecule has 1 aromatic rings. The van der Waals surface area contributed by atoms with Crippen molar-refractivity contribution >= 4 is 11.7 Å². The van der Waals surface area contributed by atoms with E-state index in [1.165, 1.54) is 6.92 Å². The predicted octanol–water partition coefficient (Wildman–Crippen LogP) is -3.01. The van der Waals surface area contributed by atoms with Crippen molar-refractivity contribution in [2.24, 2.45) is 5.73 Å². The third-order valence-electron chi connectivity index (χ3n) is 2.06. The number of aromatic nitrogens is 1. The molecular formula is C11H15ClN2O2. The summed E-state index contributed by atoms with van der Waals surface area (Å²) in [6, 6.07) is 5.63. The first kappa shape index (κ1) is 14.6. The lowest BCUT2D eigenvalue weighted by atomic mass is 10.2. The fourth-order valence-corrected chi connectivity index (χ4v) is 1.38. The fourth-order valence-electron chi connectivity index (χ4n) is 1.38. The summed E-state index contributed by atoms with van der Waals surface area (Å²) in [7, 11) is 0. The Hall–Kier alpha value is -1.42. The molecule has 16 heavy (non-hydrogen) atoms. The van der Waals surface area contributed by atoms with Crippen LogP contribution in [0, 0.1) is 0 Å². The summed E-state index contributed by atoms with van der Waals surface area (Å²) in [6.45, 7) is 1.88. The first-order chi connectivity index (χ1) is 7.09. The van der Waals surface area contributed by atoms with Crippen molar-refractivity contribution < 1.29 is 26.6 Å². The lowest BCUT2D eigenvalue weighted by Gasteiger charge is -2.00. The van der Waals surface area contributed by atoms with Crippen molar-refractivity contribution in [1.82, 2.24) is 0 Å². The van der Waals surface area contributed by atoms with Gasteiger partial charge < -0.3 is 18.1 Å². The molecule has 1 rings (SSSR count). The standard InChI is InChI=1S/C11H14N2O2.ClH/c1-9(14)8-13-7-3-2-4-10(13)5-6-11(12)15;/h2-4,7H,5-6,8H2,1H3,(H-,12,15);1H. The van der Waals surface area contributed by atoms with Crippen LogP contribution >= 0.6 is 0 Å². The van der Waals surface area contributed by atoms with Gasteiger partial charge in [-0.1, -0.05) is 6.07 Å². The molecule has 0 aliphatic heterocycles. The number of carbonyl (C=O) groups is 2. The molecule has 1 aromatic heterocycles. The topological polar surface area (TPSA) is 64.0 Å². The van der Waals surface area contributed by atoms with E-state index in [0.717, 1.165) is 5.69 Å². The van der Waals surface area contributed by atoms with Crippen molar-refractivity contribution in [3.05, 3.63) is 30.1 Å². The average Bonchev–Trinajstić information content (AvgIpc) is 2.15. The van der Waals surface area contributed by atoms with Crippen molar-refractivity contribution in [3.8, 4) is 0 Å². The minimum atomic E-state index is -0.326. The largest absolute Gasteiger partial charge is 1.00 e.